The van der Waals surface area contributed by atoms with Crippen LogP contribution < -0.4 is 21.1 Å². The molecule has 0 radical (unpaired) electrons. The average molecular weight is 440 g/mol. The fourth-order valence-corrected chi connectivity index (χ4v) is 4.90. The number of nitrogens with one attached hydrogen (secondary N) is 3. The summed E-state index contributed by atoms with van der Waals surface area (Å²) in [6.07, 6.45) is 0. The smallest absolute Gasteiger partial charge is 0.387 e. The van der Waals surface area contributed by atoms with Gasteiger partial charge in [0.25, 0.3) is 5.91 Å². The minimum absolute atomic E-state index is 0.128. The highest BCUT2D eigenvalue weighted by Crippen LogP contribution is 2.36. The molecule has 28 heavy (non-hydrogen) atoms. The van der Waals surface area contributed by atoms with E-state index in [4.69, 9.17) is 11.6 Å². The molecule has 1 heterocycles. The number of guanidine groups is 1. The van der Waals surface area contributed by atoms with Crippen LogP contribution in [0.25, 0.3) is 0 Å². The quantitative estimate of drug-likeness (QED) is 0.593. The first-order valence-corrected chi connectivity index (χ1v) is 10.3. The zero-order valence-corrected chi connectivity index (χ0v) is 16.9. The van der Waals surface area contributed by atoms with Gasteiger partial charge in [-0.1, -0.05) is 25.4 Å². The molecule has 1 aromatic rings. The highest BCUT2D eigenvalue weighted by molar-refractivity contribution is 7.91. The van der Waals surface area contributed by atoms with Gasteiger partial charge in [-0.2, -0.15) is 8.78 Å². The van der Waals surface area contributed by atoms with Gasteiger partial charge in [0.15, 0.2) is 9.84 Å². The Bertz CT molecular complexity index is 879. The first-order chi connectivity index (χ1) is 13.1. The fraction of sp³-hybridized carbons (Fsp3) is 0.467. The first kappa shape index (κ1) is 22.1. The second-order valence-electron chi connectivity index (χ2n) is 6.17. The van der Waals surface area contributed by atoms with Gasteiger partial charge in [0, 0.05) is 6.54 Å². The SMILES string of the molecule is CCN1NNN=C1NC(=O)c1ccc(OC(F)F)c(S(=O)(=O)CC(C)C)c1Cl. The number of halogens is 3. The summed E-state index contributed by atoms with van der Waals surface area (Å²) in [5, 5.41) is 7.24. The molecule has 1 amide bonds. The van der Waals surface area contributed by atoms with Gasteiger partial charge in [0.05, 0.1) is 16.3 Å². The molecule has 0 saturated heterocycles. The molecule has 0 saturated carbocycles. The monoisotopic (exact) mass is 439 g/mol. The second kappa shape index (κ2) is 8.88. The van der Waals surface area contributed by atoms with Crippen molar-refractivity contribution in [2.45, 2.75) is 32.3 Å². The molecule has 0 atom stereocenters. The van der Waals surface area contributed by atoms with E-state index in [9.17, 15) is 22.0 Å². The fourth-order valence-electron chi connectivity index (χ4n) is 2.46. The van der Waals surface area contributed by atoms with Crippen molar-refractivity contribution in [3.8, 4) is 5.75 Å². The van der Waals surface area contributed by atoms with Gasteiger partial charge in [0.2, 0.25) is 5.96 Å². The van der Waals surface area contributed by atoms with Gasteiger partial charge >= 0.3 is 6.61 Å². The summed E-state index contributed by atoms with van der Waals surface area (Å²) in [6.45, 7) is 2.28. The van der Waals surface area contributed by atoms with E-state index in [1.54, 1.807) is 20.8 Å². The van der Waals surface area contributed by atoms with Crippen LogP contribution in [0.15, 0.2) is 22.1 Å². The number of sulfone groups is 1. The summed E-state index contributed by atoms with van der Waals surface area (Å²) in [6, 6.07) is 2.08. The molecule has 0 unspecified atom stereocenters. The normalized spacial score (nSPS) is 14.3. The Balaban J connectivity index is 2.47. The van der Waals surface area contributed by atoms with Gasteiger partial charge in [-0.05, 0) is 25.0 Å². The minimum atomic E-state index is -4.10. The Labute approximate surface area is 165 Å². The standard InChI is InChI=1S/C15H20ClF2N5O4S/c1-4-23-15(20-21-22-23)19-13(24)9-5-6-10(27-14(17)18)12(11(9)16)28(25,26)7-8(2)3/h5-6,8,14,21-22H,4,7H2,1-3H3,(H,19,20,24). The molecule has 1 aromatic carbocycles. The number of hydrazine groups is 2. The van der Waals surface area contributed by atoms with Crippen molar-refractivity contribution in [3.05, 3.63) is 22.7 Å². The summed E-state index contributed by atoms with van der Waals surface area (Å²) in [5.74, 6) is -1.92. The number of ether oxygens (including phenoxy) is 1. The van der Waals surface area contributed by atoms with Crippen LogP contribution in [0.4, 0.5) is 8.78 Å². The molecule has 9 nitrogen and oxygen atoms in total. The van der Waals surface area contributed by atoms with Crippen LogP contribution in [0.3, 0.4) is 0 Å². The molecule has 1 aliphatic heterocycles. The number of benzene rings is 1. The molecule has 0 bridgehead atoms. The van der Waals surface area contributed by atoms with E-state index >= 15 is 0 Å². The van der Waals surface area contributed by atoms with Crippen molar-refractivity contribution in [2.75, 3.05) is 12.3 Å². The zero-order valence-electron chi connectivity index (χ0n) is 15.3. The number of amides is 1. The van der Waals surface area contributed by atoms with E-state index in [1.807, 2.05) is 0 Å². The lowest BCUT2D eigenvalue weighted by Crippen LogP contribution is -2.47. The summed E-state index contributed by atoms with van der Waals surface area (Å²) >= 11 is 6.17. The molecule has 2 rings (SSSR count). The Hall–Kier alpha value is -2.18. The summed E-state index contributed by atoms with van der Waals surface area (Å²) in [4.78, 5) is 11.9. The third kappa shape index (κ3) is 5.00. The number of hydrogen-bond acceptors (Lipinski definition) is 8. The Morgan fingerprint density at radius 1 is 1.39 bits per heavy atom. The Kier molecular flexibility index (Phi) is 7.01. The van der Waals surface area contributed by atoms with Gasteiger partial charge in [-0.15, -0.1) is 10.6 Å². The third-order valence-corrected chi connectivity index (χ3v) is 6.17. The minimum Gasteiger partial charge on any atom is -0.433 e. The average Bonchev–Trinajstić information content (AvgIpc) is 2.99. The molecular weight excluding hydrogens is 420 g/mol. The molecule has 0 aliphatic carbocycles. The van der Waals surface area contributed by atoms with Crippen LogP contribution in [0, 0.1) is 5.92 Å². The van der Waals surface area contributed by atoms with Gasteiger partial charge in [-0.3, -0.25) is 15.1 Å². The molecule has 13 heteroatoms. The molecule has 0 fully saturated rings. The van der Waals surface area contributed by atoms with Crippen molar-refractivity contribution in [3.63, 3.8) is 0 Å². The molecule has 156 valence electrons. The van der Waals surface area contributed by atoms with Crippen molar-refractivity contribution in [2.24, 2.45) is 11.0 Å². The number of carbonyl (C=O) groups excluding carboxylic acids is 1. The number of hydrogen-bond donors (Lipinski definition) is 3. The van der Waals surface area contributed by atoms with E-state index in [0.29, 0.717) is 6.54 Å². The topological polar surface area (TPSA) is 112 Å². The summed E-state index contributed by atoms with van der Waals surface area (Å²) < 4.78 is 55.1. The maximum absolute atomic E-state index is 12.7. The highest BCUT2D eigenvalue weighted by Gasteiger charge is 2.30. The van der Waals surface area contributed by atoms with Crippen molar-refractivity contribution in [1.29, 1.82) is 0 Å². The van der Waals surface area contributed by atoms with Gasteiger partial charge in [-0.25, -0.2) is 14.0 Å². The summed E-state index contributed by atoms with van der Waals surface area (Å²) in [5.41, 5.74) is 4.87. The Morgan fingerprint density at radius 2 is 2.07 bits per heavy atom. The number of nitrogens with zero attached hydrogens (tertiary/aromatic N) is 2. The molecule has 3 N–H and O–H groups in total. The van der Waals surface area contributed by atoms with Crippen molar-refractivity contribution >= 4 is 33.3 Å². The van der Waals surface area contributed by atoms with E-state index in [2.05, 4.69) is 26.2 Å². The van der Waals surface area contributed by atoms with Crippen LogP contribution in [-0.2, 0) is 9.84 Å². The lowest BCUT2D eigenvalue weighted by Gasteiger charge is -2.18. The van der Waals surface area contributed by atoms with E-state index in [0.717, 1.165) is 12.1 Å². The molecule has 1 aliphatic rings. The maximum atomic E-state index is 12.7. The lowest BCUT2D eigenvalue weighted by molar-refractivity contribution is -0.0517. The number of rotatable bonds is 7. The zero-order chi connectivity index (χ0) is 21.1. The van der Waals surface area contributed by atoms with E-state index < -0.39 is 38.0 Å². The molecule has 0 spiro atoms. The lowest BCUT2D eigenvalue weighted by atomic mass is 10.2. The maximum Gasteiger partial charge on any atom is 0.387 e. The van der Waals surface area contributed by atoms with Crippen molar-refractivity contribution in [1.82, 2.24) is 21.4 Å². The van der Waals surface area contributed by atoms with E-state index in [-0.39, 0.29) is 23.2 Å². The first-order valence-electron chi connectivity index (χ1n) is 8.24. The van der Waals surface area contributed by atoms with Crippen LogP contribution in [-0.4, -0.2) is 44.2 Å². The number of alkyl halides is 2. The third-order valence-electron chi connectivity index (χ3n) is 3.53. The van der Waals surface area contributed by atoms with Crippen molar-refractivity contribution < 1.29 is 26.7 Å². The highest BCUT2D eigenvalue weighted by atomic mass is 35.5. The summed E-state index contributed by atoms with van der Waals surface area (Å²) in [7, 11) is -4.10. The number of hydrazone groups is 1. The van der Waals surface area contributed by atoms with E-state index in [1.165, 1.54) is 5.01 Å². The predicted molar refractivity (Wildman–Crippen MR) is 98.5 cm³/mol. The largest absolute Gasteiger partial charge is 0.433 e. The molecular formula is C15H20ClF2N5O4S. The Morgan fingerprint density at radius 3 is 2.64 bits per heavy atom. The van der Waals surface area contributed by atoms with Crippen LogP contribution >= 0.6 is 11.6 Å². The van der Waals surface area contributed by atoms with Crippen LogP contribution in [0.2, 0.25) is 5.02 Å². The van der Waals surface area contributed by atoms with Crippen LogP contribution in [0.1, 0.15) is 31.1 Å². The molecule has 0 aromatic heterocycles. The van der Waals surface area contributed by atoms with Crippen LogP contribution in [0.5, 0.6) is 5.75 Å². The second-order valence-corrected chi connectivity index (χ2v) is 8.51. The predicted octanol–water partition coefficient (Wildman–Crippen LogP) is 1.72. The van der Waals surface area contributed by atoms with Gasteiger partial charge in [0.1, 0.15) is 10.6 Å². The van der Waals surface area contributed by atoms with Gasteiger partial charge < -0.3 is 4.74 Å². The number of carbonyl (C=O) groups is 1.